The van der Waals surface area contributed by atoms with Gasteiger partial charge in [-0.2, -0.15) is 5.11 Å². The molecule has 8 heteroatoms. The van der Waals surface area contributed by atoms with Crippen LogP contribution in [0.3, 0.4) is 0 Å². The summed E-state index contributed by atoms with van der Waals surface area (Å²) in [5, 5.41) is 9.56. The number of piperazine rings is 1. The zero-order valence-electron chi connectivity index (χ0n) is 22.3. The monoisotopic (exact) mass is 541 g/mol. The van der Waals surface area contributed by atoms with Gasteiger partial charge in [0.05, 0.1) is 18.0 Å². The predicted octanol–water partition coefficient (Wildman–Crippen LogP) is 7.11. The van der Waals surface area contributed by atoms with Crippen molar-refractivity contribution < 1.29 is 4.74 Å². The molecule has 7 nitrogen and oxygen atoms in total. The number of likely N-dealkylation sites (N-methyl/N-ethyl adjacent to an activating group) is 1. The third-order valence-corrected chi connectivity index (χ3v) is 7.14. The van der Waals surface area contributed by atoms with Gasteiger partial charge in [0.25, 0.3) is 5.56 Å². The molecule has 39 heavy (non-hydrogen) atoms. The van der Waals surface area contributed by atoms with Gasteiger partial charge in [0.2, 0.25) is 0 Å². The molecule has 2 heterocycles. The summed E-state index contributed by atoms with van der Waals surface area (Å²) in [4.78, 5) is 19.0. The summed E-state index contributed by atoms with van der Waals surface area (Å²) in [5.74, 6) is 1.62. The van der Waals surface area contributed by atoms with Crippen molar-refractivity contribution in [3.8, 4) is 22.6 Å². The maximum Gasteiger partial charge on any atom is 0.285 e. The summed E-state index contributed by atoms with van der Waals surface area (Å²) in [6.07, 6.45) is 0. The molecule has 4 aromatic rings. The molecule has 0 N–H and O–H groups in total. The maximum atomic E-state index is 14.3. The minimum Gasteiger partial charge on any atom is -0.494 e. The normalized spacial score (nSPS) is 14.2. The van der Waals surface area contributed by atoms with Gasteiger partial charge in [-0.1, -0.05) is 48.9 Å². The van der Waals surface area contributed by atoms with E-state index in [4.69, 9.17) is 16.3 Å². The van der Waals surface area contributed by atoms with Gasteiger partial charge in [-0.15, -0.1) is 5.11 Å². The largest absolute Gasteiger partial charge is 0.494 e. The quantitative estimate of drug-likeness (QED) is 0.223. The van der Waals surface area contributed by atoms with Crippen molar-refractivity contribution in [1.82, 2.24) is 9.47 Å². The van der Waals surface area contributed by atoms with Gasteiger partial charge >= 0.3 is 0 Å². The molecule has 0 bridgehead atoms. The summed E-state index contributed by atoms with van der Waals surface area (Å²) >= 11 is 6.05. The lowest BCUT2D eigenvalue weighted by Crippen LogP contribution is -2.47. The molecular weight excluding hydrogens is 510 g/mol. The van der Waals surface area contributed by atoms with Crippen molar-refractivity contribution in [3.05, 3.63) is 100 Å². The lowest BCUT2D eigenvalue weighted by Gasteiger charge is -2.36. The van der Waals surface area contributed by atoms with Crippen LogP contribution in [0, 0.1) is 0 Å². The van der Waals surface area contributed by atoms with E-state index in [1.807, 2.05) is 61.5 Å². The molecule has 0 radical (unpaired) electrons. The maximum absolute atomic E-state index is 14.3. The smallest absolute Gasteiger partial charge is 0.285 e. The van der Waals surface area contributed by atoms with Crippen molar-refractivity contribution in [3.63, 3.8) is 0 Å². The van der Waals surface area contributed by atoms with Crippen molar-refractivity contribution in [2.24, 2.45) is 10.2 Å². The molecule has 0 amide bonds. The van der Waals surface area contributed by atoms with E-state index in [0.717, 1.165) is 61.1 Å². The highest BCUT2D eigenvalue weighted by molar-refractivity contribution is 6.30. The highest BCUT2D eigenvalue weighted by Crippen LogP contribution is 2.35. The number of ether oxygens (including phenoxy) is 1. The van der Waals surface area contributed by atoms with E-state index in [1.165, 1.54) is 0 Å². The minimum absolute atomic E-state index is 0.224. The zero-order chi connectivity index (χ0) is 27.2. The van der Waals surface area contributed by atoms with E-state index in [-0.39, 0.29) is 11.2 Å². The SMILES string of the molecule is CCOc1ccc(-c2cc(N3CCN(CC)CC3)n(-c3ccccc3)c(=O)c2N=Nc2ccc(Cl)cc2)cc1. The number of hydrogen-bond acceptors (Lipinski definition) is 6. The molecule has 0 spiro atoms. The molecule has 1 saturated heterocycles. The number of anilines is 1. The number of nitrogens with zero attached hydrogens (tertiary/aromatic N) is 5. The predicted molar refractivity (Wildman–Crippen MR) is 159 cm³/mol. The standard InChI is InChI=1S/C31H32ClN5O2/c1-3-35-18-20-36(21-19-35)29-22-28(23-10-16-27(17-11-23)39-4-2)30(34-33-25-14-12-24(32)13-15-25)31(38)37(29)26-8-6-5-7-9-26/h5-17,22H,3-4,18-21H2,1-2H3. The van der Waals surface area contributed by atoms with Crippen LogP contribution in [-0.4, -0.2) is 48.8 Å². The molecule has 1 aromatic heterocycles. The number of pyridine rings is 1. The number of rotatable bonds is 8. The highest BCUT2D eigenvalue weighted by Gasteiger charge is 2.24. The van der Waals surface area contributed by atoms with Gasteiger partial charge in [-0.05, 0) is 73.6 Å². The van der Waals surface area contributed by atoms with Crippen LogP contribution in [0.2, 0.25) is 5.02 Å². The van der Waals surface area contributed by atoms with E-state index in [2.05, 4.69) is 33.0 Å². The van der Waals surface area contributed by atoms with Crippen molar-refractivity contribution in [1.29, 1.82) is 0 Å². The number of azo groups is 1. The lowest BCUT2D eigenvalue weighted by molar-refractivity contribution is 0.270. The van der Waals surface area contributed by atoms with Gasteiger partial charge in [0.15, 0.2) is 5.69 Å². The Balaban J connectivity index is 1.70. The second-order valence-electron chi connectivity index (χ2n) is 9.30. The fraction of sp³-hybridized carbons (Fsp3) is 0.258. The average molecular weight is 542 g/mol. The summed E-state index contributed by atoms with van der Waals surface area (Å²) in [6, 6.07) is 26.6. The van der Waals surface area contributed by atoms with Crippen LogP contribution < -0.4 is 15.2 Å². The van der Waals surface area contributed by atoms with Gasteiger partial charge in [0.1, 0.15) is 11.6 Å². The number of hydrogen-bond donors (Lipinski definition) is 0. The van der Waals surface area contributed by atoms with E-state index < -0.39 is 0 Å². The third kappa shape index (κ3) is 6.05. The van der Waals surface area contributed by atoms with Gasteiger partial charge in [-0.3, -0.25) is 9.36 Å². The van der Waals surface area contributed by atoms with Crippen LogP contribution >= 0.6 is 11.6 Å². The van der Waals surface area contributed by atoms with Crippen LogP contribution in [0.15, 0.2) is 100.0 Å². The Morgan fingerprint density at radius 2 is 1.54 bits per heavy atom. The Hall–Kier alpha value is -3.94. The first kappa shape index (κ1) is 26.7. The first-order valence-corrected chi connectivity index (χ1v) is 13.7. The summed E-state index contributed by atoms with van der Waals surface area (Å²) in [7, 11) is 0. The Kier molecular flexibility index (Phi) is 8.39. The minimum atomic E-state index is -0.224. The molecule has 1 aliphatic heterocycles. The summed E-state index contributed by atoms with van der Waals surface area (Å²) < 4.78 is 7.41. The van der Waals surface area contributed by atoms with Crippen molar-refractivity contribution in [2.45, 2.75) is 13.8 Å². The Bertz CT molecular complexity index is 1480. The molecule has 5 rings (SSSR count). The molecule has 0 aliphatic carbocycles. The number of para-hydroxylation sites is 1. The molecule has 200 valence electrons. The molecule has 1 fully saturated rings. The Morgan fingerprint density at radius 1 is 0.846 bits per heavy atom. The van der Waals surface area contributed by atoms with Gasteiger partial charge in [0, 0.05) is 36.8 Å². The van der Waals surface area contributed by atoms with E-state index >= 15 is 0 Å². The number of halogens is 1. The van der Waals surface area contributed by atoms with Crippen LogP contribution in [0.5, 0.6) is 5.75 Å². The van der Waals surface area contributed by atoms with Gasteiger partial charge < -0.3 is 14.5 Å². The van der Waals surface area contributed by atoms with E-state index in [9.17, 15) is 4.79 Å². The lowest BCUT2D eigenvalue weighted by atomic mass is 10.0. The second-order valence-corrected chi connectivity index (χ2v) is 9.73. The fourth-order valence-corrected chi connectivity index (χ4v) is 4.90. The summed E-state index contributed by atoms with van der Waals surface area (Å²) in [6.45, 7) is 9.27. The number of aromatic nitrogens is 1. The third-order valence-electron chi connectivity index (χ3n) is 6.89. The van der Waals surface area contributed by atoms with Crippen LogP contribution in [0.4, 0.5) is 17.2 Å². The topological polar surface area (TPSA) is 62.4 Å². The fourth-order valence-electron chi connectivity index (χ4n) is 4.77. The van der Waals surface area contributed by atoms with Crippen molar-refractivity contribution >= 4 is 28.8 Å². The molecule has 0 atom stereocenters. The van der Waals surface area contributed by atoms with Crippen LogP contribution in [-0.2, 0) is 0 Å². The van der Waals surface area contributed by atoms with Crippen LogP contribution in [0.25, 0.3) is 16.8 Å². The first-order valence-electron chi connectivity index (χ1n) is 13.3. The Labute approximate surface area is 233 Å². The molecule has 3 aromatic carbocycles. The zero-order valence-corrected chi connectivity index (χ0v) is 23.0. The van der Waals surface area contributed by atoms with Crippen LogP contribution in [0.1, 0.15) is 13.8 Å². The Morgan fingerprint density at radius 3 is 2.18 bits per heavy atom. The van der Waals surface area contributed by atoms with E-state index in [1.54, 1.807) is 28.8 Å². The van der Waals surface area contributed by atoms with Gasteiger partial charge in [-0.25, -0.2) is 0 Å². The van der Waals surface area contributed by atoms with E-state index in [0.29, 0.717) is 17.3 Å². The molecule has 0 saturated carbocycles. The number of benzene rings is 3. The molecule has 1 aliphatic rings. The first-order chi connectivity index (χ1) is 19.1. The molecular formula is C31H32ClN5O2. The summed E-state index contributed by atoms with van der Waals surface area (Å²) in [5.41, 5.74) is 3.04. The highest BCUT2D eigenvalue weighted by atomic mass is 35.5. The average Bonchev–Trinajstić information content (AvgIpc) is 2.98. The van der Waals surface area contributed by atoms with Crippen molar-refractivity contribution in [2.75, 3.05) is 44.2 Å². The second kappa shape index (κ2) is 12.3. The molecule has 0 unspecified atom stereocenters.